The molecule has 0 aliphatic rings. The summed E-state index contributed by atoms with van der Waals surface area (Å²) in [5.41, 5.74) is 0. The number of amides is 1. The van der Waals surface area contributed by atoms with Gasteiger partial charge in [0.05, 0.1) is 25.4 Å². The number of aliphatic hydroxyl groups excluding tert-OH is 2. The van der Waals surface area contributed by atoms with Crippen molar-refractivity contribution < 1.29 is 24.5 Å². The number of unbranched alkanes of at least 4 members (excludes halogenated alkanes) is 57. The van der Waals surface area contributed by atoms with Crippen LogP contribution in [0.5, 0.6) is 0 Å². The van der Waals surface area contributed by atoms with E-state index in [1.54, 1.807) is 6.08 Å². The van der Waals surface area contributed by atoms with Gasteiger partial charge in [0.25, 0.3) is 0 Å². The number of hydrogen-bond acceptors (Lipinski definition) is 5. The molecule has 0 saturated heterocycles. The third-order valence-corrected chi connectivity index (χ3v) is 18.3. The van der Waals surface area contributed by atoms with Crippen LogP contribution in [-0.2, 0) is 14.3 Å². The maximum absolute atomic E-state index is 12.6. The highest BCUT2D eigenvalue weighted by Gasteiger charge is 2.18. The van der Waals surface area contributed by atoms with Gasteiger partial charge in [-0.3, -0.25) is 9.59 Å². The van der Waals surface area contributed by atoms with Crippen molar-refractivity contribution >= 4 is 11.9 Å². The van der Waals surface area contributed by atoms with Crippen molar-refractivity contribution in [3.05, 3.63) is 48.6 Å². The first-order valence-corrected chi connectivity index (χ1v) is 39.4. The van der Waals surface area contributed by atoms with E-state index in [0.29, 0.717) is 19.4 Å². The molecule has 0 rings (SSSR count). The van der Waals surface area contributed by atoms with E-state index in [4.69, 9.17) is 4.74 Å². The molecular formula is C81H153NO5. The molecule has 0 aromatic heterocycles. The first-order valence-electron chi connectivity index (χ1n) is 39.4. The fourth-order valence-corrected chi connectivity index (χ4v) is 12.3. The predicted octanol–water partition coefficient (Wildman–Crippen LogP) is 26.0. The lowest BCUT2D eigenvalue weighted by Gasteiger charge is -2.20. The number of esters is 1. The summed E-state index contributed by atoms with van der Waals surface area (Å²) in [7, 11) is 0. The second kappa shape index (κ2) is 76.3. The van der Waals surface area contributed by atoms with Gasteiger partial charge in [-0.05, 0) is 83.5 Å². The molecule has 3 N–H and O–H groups in total. The van der Waals surface area contributed by atoms with Crippen LogP contribution in [0.2, 0.25) is 0 Å². The van der Waals surface area contributed by atoms with E-state index in [1.807, 2.05) is 6.08 Å². The molecule has 0 aliphatic carbocycles. The largest absolute Gasteiger partial charge is 0.466 e. The zero-order valence-corrected chi connectivity index (χ0v) is 58.8. The number of carbonyl (C=O) groups excluding carboxylic acids is 2. The molecule has 87 heavy (non-hydrogen) atoms. The number of nitrogens with one attached hydrogen (secondary N) is 1. The zero-order chi connectivity index (χ0) is 62.8. The Bertz CT molecular complexity index is 1450. The third kappa shape index (κ3) is 72.8. The summed E-state index contributed by atoms with van der Waals surface area (Å²) in [6.45, 7) is 4.90. The standard InChI is InChI=1S/C81H153NO5/c1-3-5-7-9-11-13-15-17-19-20-21-22-34-37-40-43-46-49-53-57-61-65-69-73-79(84)78(77-83)82-80(85)74-70-66-62-58-54-50-47-44-41-38-35-32-30-28-26-24-23-25-27-29-31-33-36-39-42-45-48-52-56-60-64-68-72-76-87-81(86)75-71-67-63-59-55-51-18-16-14-12-10-8-6-4-2/h10,12,16,18,27,29,69,73,78-79,83-84H,3-9,11,13-15,17,19-26,28,30-68,70-72,74-77H2,1-2H3,(H,82,85)/b12-10-,18-16-,29-27-,73-69+. The molecule has 512 valence electrons. The number of allylic oxidation sites excluding steroid dienone is 7. The van der Waals surface area contributed by atoms with Crippen LogP contribution in [0.3, 0.4) is 0 Å². The molecule has 0 heterocycles. The van der Waals surface area contributed by atoms with Gasteiger partial charge < -0.3 is 20.3 Å². The van der Waals surface area contributed by atoms with Crippen molar-refractivity contribution in [1.29, 1.82) is 0 Å². The maximum Gasteiger partial charge on any atom is 0.305 e. The first-order chi connectivity index (χ1) is 43.0. The van der Waals surface area contributed by atoms with E-state index < -0.39 is 12.1 Å². The molecule has 0 radical (unpaired) electrons. The van der Waals surface area contributed by atoms with Crippen molar-refractivity contribution in [3.8, 4) is 0 Å². The summed E-state index contributed by atoms with van der Waals surface area (Å²) in [5, 5.41) is 23.3. The Morgan fingerprint density at radius 3 is 0.920 bits per heavy atom. The van der Waals surface area contributed by atoms with Crippen LogP contribution in [0.15, 0.2) is 48.6 Å². The molecular weight excluding hydrogens is 1070 g/mol. The lowest BCUT2D eigenvalue weighted by molar-refractivity contribution is -0.143. The van der Waals surface area contributed by atoms with Gasteiger partial charge in [-0.2, -0.15) is 0 Å². The van der Waals surface area contributed by atoms with E-state index in [0.717, 1.165) is 51.4 Å². The van der Waals surface area contributed by atoms with E-state index in [1.165, 1.54) is 353 Å². The topological polar surface area (TPSA) is 95.9 Å². The van der Waals surface area contributed by atoms with Gasteiger partial charge in [0.15, 0.2) is 0 Å². The minimum absolute atomic E-state index is 0.00412. The SMILES string of the molecule is CCCC/C=C\C/C=C\CCCCCCCC(=O)OCCCCCCCCCCCCCC/C=C\CCCCCCCCCCCCCCCCCCCC(=O)NC(CO)C(O)/C=C/CCCCCCCCCCCCCCCCCCCCCCC. The Labute approximate surface area is 544 Å². The van der Waals surface area contributed by atoms with Gasteiger partial charge in [0.2, 0.25) is 5.91 Å². The average molecular weight is 1220 g/mol. The van der Waals surface area contributed by atoms with Gasteiger partial charge in [-0.15, -0.1) is 0 Å². The summed E-state index contributed by atoms with van der Waals surface area (Å²) in [6, 6.07) is -0.627. The van der Waals surface area contributed by atoms with Gasteiger partial charge in [-0.1, -0.05) is 383 Å². The summed E-state index contributed by atoms with van der Waals surface area (Å²) < 4.78 is 5.49. The number of carbonyl (C=O) groups is 2. The van der Waals surface area contributed by atoms with Crippen molar-refractivity contribution in [3.63, 3.8) is 0 Å². The molecule has 0 bridgehead atoms. The van der Waals surface area contributed by atoms with Crippen molar-refractivity contribution in [2.24, 2.45) is 0 Å². The van der Waals surface area contributed by atoms with E-state index in [2.05, 4.69) is 55.6 Å². The summed E-state index contributed by atoms with van der Waals surface area (Å²) in [4.78, 5) is 24.6. The molecule has 6 nitrogen and oxygen atoms in total. The molecule has 1 amide bonds. The van der Waals surface area contributed by atoms with Crippen molar-refractivity contribution in [2.45, 2.75) is 443 Å². The van der Waals surface area contributed by atoms with E-state index in [9.17, 15) is 19.8 Å². The molecule has 0 saturated carbocycles. The Morgan fingerprint density at radius 2 is 0.586 bits per heavy atom. The monoisotopic (exact) mass is 1220 g/mol. The van der Waals surface area contributed by atoms with Crippen molar-refractivity contribution in [2.75, 3.05) is 13.2 Å². The quantitative estimate of drug-likeness (QED) is 0.0320. The highest BCUT2D eigenvalue weighted by Crippen LogP contribution is 2.19. The highest BCUT2D eigenvalue weighted by molar-refractivity contribution is 5.76. The maximum atomic E-state index is 12.6. The molecule has 0 aromatic carbocycles. The summed E-state index contributed by atoms with van der Waals surface area (Å²) in [6.07, 6.45) is 101. The normalized spacial score (nSPS) is 12.7. The Balaban J connectivity index is 3.38. The molecule has 0 aromatic rings. The van der Waals surface area contributed by atoms with Crippen LogP contribution in [0.4, 0.5) is 0 Å². The highest BCUT2D eigenvalue weighted by atomic mass is 16.5. The smallest absolute Gasteiger partial charge is 0.305 e. The lowest BCUT2D eigenvalue weighted by atomic mass is 10.0. The zero-order valence-electron chi connectivity index (χ0n) is 58.8. The van der Waals surface area contributed by atoms with Crippen molar-refractivity contribution in [1.82, 2.24) is 5.32 Å². The van der Waals surface area contributed by atoms with Gasteiger partial charge in [-0.25, -0.2) is 0 Å². The van der Waals surface area contributed by atoms with Gasteiger partial charge in [0, 0.05) is 12.8 Å². The lowest BCUT2D eigenvalue weighted by Crippen LogP contribution is -2.45. The van der Waals surface area contributed by atoms with Crippen LogP contribution in [0.1, 0.15) is 431 Å². The number of hydrogen-bond donors (Lipinski definition) is 3. The van der Waals surface area contributed by atoms with Crippen LogP contribution < -0.4 is 5.32 Å². The van der Waals surface area contributed by atoms with Crippen LogP contribution in [0, 0.1) is 0 Å². The average Bonchev–Trinajstić information content (AvgIpc) is 3.52. The first kappa shape index (κ1) is 84.8. The van der Waals surface area contributed by atoms with Crippen LogP contribution >= 0.6 is 0 Å². The summed E-state index contributed by atoms with van der Waals surface area (Å²) in [5.74, 6) is -0.0564. The number of aliphatic hydroxyl groups is 2. The Hall–Kier alpha value is -2.18. The number of ether oxygens (including phenoxy) is 1. The van der Waals surface area contributed by atoms with Gasteiger partial charge >= 0.3 is 5.97 Å². The van der Waals surface area contributed by atoms with E-state index in [-0.39, 0.29) is 18.5 Å². The Kier molecular flexibility index (Phi) is 74.4. The minimum atomic E-state index is -0.844. The third-order valence-electron chi connectivity index (χ3n) is 18.3. The van der Waals surface area contributed by atoms with Gasteiger partial charge in [0.1, 0.15) is 0 Å². The number of rotatable bonds is 74. The van der Waals surface area contributed by atoms with Crippen LogP contribution in [0.25, 0.3) is 0 Å². The fourth-order valence-electron chi connectivity index (χ4n) is 12.3. The second-order valence-corrected chi connectivity index (χ2v) is 27.0. The molecule has 2 unspecified atom stereocenters. The summed E-state index contributed by atoms with van der Waals surface area (Å²) >= 11 is 0. The molecule has 0 fully saturated rings. The van der Waals surface area contributed by atoms with E-state index >= 15 is 0 Å². The Morgan fingerprint density at radius 1 is 0.322 bits per heavy atom. The minimum Gasteiger partial charge on any atom is -0.466 e. The molecule has 0 aliphatic heterocycles. The molecule has 0 spiro atoms. The fraction of sp³-hybridized carbons (Fsp3) is 0.877. The molecule has 6 heteroatoms. The predicted molar refractivity (Wildman–Crippen MR) is 384 cm³/mol. The molecule has 2 atom stereocenters. The van der Waals surface area contributed by atoms with Crippen LogP contribution in [-0.4, -0.2) is 47.4 Å². The second-order valence-electron chi connectivity index (χ2n) is 27.0.